The Labute approximate surface area is 113 Å². The Hall–Kier alpha value is -2.27. The molecule has 2 rings (SSSR count). The molecule has 0 spiro atoms. The lowest BCUT2D eigenvalue weighted by Gasteiger charge is -2.05. The Bertz CT molecular complexity index is 673. The summed E-state index contributed by atoms with van der Waals surface area (Å²) >= 11 is 5.74. The highest BCUT2D eigenvalue weighted by molar-refractivity contribution is 6.31. The minimum Gasteiger partial charge on any atom is -0.364 e. The maximum Gasteiger partial charge on any atom is 0.268 e. The normalized spacial score (nSPS) is 10.2. The van der Waals surface area contributed by atoms with Crippen molar-refractivity contribution in [2.24, 2.45) is 5.73 Å². The number of halogens is 2. The van der Waals surface area contributed by atoms with E-state index in [4.69, 9.17) is 17.3 Å². The SMILES string of the molecule is NC(=O)c1ncc(Cl)cc1C(=O)c1cccc(F)c1. The molecule has 0 unspecified atom stereocenters. The fourth-order valence-corrected chi connectivity index (χ4v) is 1.75. The summed E-state index contributed by atoms with van der Waals surface area (Å²) in [5, 5.41) is 0.185. The van der Waals surface area contributed by atoms with Crippen LogP contribution >= 0.6 is 11.6 Å². The molecular formula is C13H8ClFN2O2. The maximum absolute atomic E-state index is 13.1. The highest BCUT2D eigenvalue weighted by Gasteiger charge is 2.19. The van der Waals surface area contributed by atoms with Crippen LogP contribution < -0.4 is 5.73 Å². The maximum atomic E-state index is 13.1. The molecule has 2 N–H and O–H groups in total. The number of aromatic nitrogens is 1. The largest absolute Gasteiger partial charge is 0.364 e. The van der Waals surface area contributed by atoms with Crippen molar-refractivity contribution in [2.45, 2.75) is 0 Å². The predicted octanol–water partition coefficient (Wildman–Crippen LogP) is 2.20. The highest BCUT2D eigenvalue weighted by atomic mass is 35.5. The molecule has 1 aromatic heterocycles. The van der Waals surface area contributed by atoms with E-state index >= 15 is 0 Å². The van der Waals surface area contributed by atoms with Crippen molar-refractivity contribution in [3.8, 4) is 0 Å². The molecule has 0 fully saturated rings. The number of carbonyl (C=O) groups is 2. The molecule has 1 amide bonds. The molecular weight excluding hydrogens is 271 g/mol. The van der Waals surface area contributed by atoms with E-state index < -0.39 is 17.5 Å². The molecule has 0 radical (unpaired) electrons. The molecule has 0 aliphatic heterocycles. The predicted molar refractivity (Wildman–Crippen MR) is 67.6 cm³/mol. The number of ketones is 1. The van der Waals surface area contributed by atoms with E-state index in [1.165, 1.54) is 30.5 Å². The number of hydrogen-bond donors (Lipinski definition) is 1. The van der Waals surface area contributed by atoms with Crippen LogP contribution in [0.2, 0.25) is 5.02 Å². The molecule has 1 aromatic carbocycles. The summed E-state index contributed by atoms with van der Waals surface area (Å²) in [4.78, 5) is 27.2. The van der Waals surface area contributed by atoms with Crippen LogP contribution in [0.3, 0.4) is 0 Å². The van der Waals surface area contributed by atoms with E-state index in [0.29, 0.717) is 0 Å². The quantitative estimate of drug-likeness (QED) is 0.875. The first kappa shape index (κ1) is 13.2. The molecule has 0 saturated heterocycles. The van der Waals surface area contributed by atoms with Crippen LogP contribution in [-0.4, -0.2) is 16.7 Å². The number of pyridine rings is 1. The topological polar surface area (TPSA) is 73.1 Å². The monoisotopic (exact) mass is 278 g/mol. The van der Waals surface area contributed by atoms with Crippen LogP contribution in [0, 0.1) is 5.82 Å². The molecule has 4 nitrogen and oxygen atoms in total. The zero-order valence-corrected chi connectivity index (χ0v) is 10.3. The zero-order chi connectivity index (χ0) is 14.0. The lowest BCUT2D eigenvalue weighted by atomic mass is 10.0. The Morgan fingerprint density at radius 1 is 1.26 bits per heavy atom. The summed E-state index contributed by atoms with van der Waals surface area (Å²) < 4.78 is 13.1. The Morgan fingerprint density at radius 2 is 2.00 bits per heavy atom. The minimum atomic E-state index is -0.851. The van der Waals surface area contributed by atoms with Gasteiger partial charge in [-0.05, 0) is 18.2 Å². The number of rotatable bonds is 3. The molecule has 0 saturated carbocycles. The number of benzene rings is 1. The Kier molecular flexibility index (Phi) is 3.57. The average Bonchev–Trinajstić information content (AvgIpc) is 2.37. The van der Waals surface area contributed by atoms with Crippen molar-refractivity contribution >= 4 is 23.3 Å². The van der Waals surface area contributed by atoms with Gasteiger partial charge in [-0.1, -0.05) is 23.7 Å². The molecule has 0 aliphatic rings. The summed E-state index contributed by atoms with van der Waals surface area (Å²) in [5.74, 6) is -1.97. The van der Waals surface area contributed by atoms with Gasteiger partial charge in [0, 0.05) is 11.8 Å². The number of primary amides is 1. The lowest BCUT2D eigenvalue weighted by molar-refractivity contribution is 0.0976. The van der Waals surface area contributed by atoms with Crippen LogP contribution in [0.4, 0.5) is 4.39 Å². The van der Waals surface area contributed by atoms with Crippen LogP contribution in [0.25, 0.3) is 0 Å². The van der Waals surface area contributed by atoms with Gasteiger partial charge in [-0.15, -0.1) is 0 Å². The number of carbonyl (C=O) groups excluding carboxylic acids is 2. The van der Waals surface area contributed by atoms with Gasteiger partial charge in [0.15, 0.2) is 5.78 Å². The fraction of sp³-hybridized carbons (Fsp3) is 0. The molecule has 6 heteroatoms. The van der Waals surface area contributed by atoms with Crippen LogP contribution in [0.15, 0.2) is 36.5 Å². The van der Waals surface area contributed by atoms with Gasteiger partial charge in [0.1, 0.15) is 11.5 Å². The second kappa shape index (κ2) is 5.16. The zero-order valence-electron chi connectivity index (χ0n) is 9.56. The Morgan fingerprint density at radius 3 is 2.63 bits per heavy atom. The molecule has 0 aliphatic carbocycles. The van der Waals surface area contributed by atoms with Crippen molar-refractivity contribution in [3.63, 3.8) is 0 Å². The van der Waals surface area contributed by atoms with Gasteiger partial charge < -0.3 is 5.73 Å². The number of amides is 1. The number of nitrogens with zero attached hydrogens (tertiary/aromatic N) is 1. The van der Waals surface area contributed by atoms with Gasteiger partial charge in [0.25, 0.3) is 5.91 Å². The lowest BCUT2D eigenvalue weighted by Crippen LogP contribution is -2.18. The first-order chi connectivity index (χ1) is 8.99. The summed E-state index contributed by atoms with van der Waals surface area (Å²) in [6.07, 6.45) is 1.21. The molecule has 0 atom stereocenters. The molecule has 0 bridgehead atoms. The molecule has 19 heavy (non-hydrogen) atoms. The van der Waals surface area contributed by atoms with Gasteiger partial charge in [-0.3, -0.25) is 9.59 Å². The highest BCUT2D eigenvalue weighted by Crippen LogP contribution is 2.18. The van der Waals surface area contributed by atoms with E-state index in [-0.39, 0.29) is 21.8 Å². The van der Waals surface area contributed by atoms with Crippen molar-refractivity contribution in [2.75, 3.05) is 0 Å². The van der Waals surface area contributed by atoms with Gasteiger partial charge in [-0.25, -0.2) is 9.37 Å². The van der Waals surface area contributed by atoms with Gasteiger partial charge in [0.2, 0.25) is 0 Å². The number of nitrogens with two attached hydrogens (primary N) is 1. The third kappa shape index (κ3) is 2.77. The average molecular weight is 279 g/mol. The second-order valence-corrected chi connectivity index (χ2v) is 4.19. The molecule has 1 heterocycles. The molecule has 96 valence electrons. The van der Waals surface area contributed by atoms with Crippen molar-refractivity contribution in [1.29, 1.82) is 0 Å². The standard InChI is InChI=1S/C13H8ClFN2O2/c14-8-5-10(11(13(16)19)17-6-8)12(18)7-2-1-3-9(15)4-7/h1-6H,(H2,16,19). The fourth-order valence-electron chi connectivity index (χ4n) is 1.59. The van der Waals surface area contributed by atoms with Crippen molar-refractivity contribution in [1.82, 2.24) is 4.98 Å². The van der Waals surface area contributed by atoms with Crippen LogP contribution in [0.5, 0.6) is 0 Å². The summed E-state index contributed by atoms with van der Waals surface area (Å²) in [7, 11) is 0. The minimum absolute atomic E-state index is 0.0504. The first-order valence-electron chi connectivity index (χ1n) is 5.24. The van der Waals surface area contributed by atoms with E-state index in [0.717, 1.165) is 6.07 Å². The number of hydrogen-bond acceptors (Lipinski definition) is 3. The van der Waals surface area contributed by atoms with Gasteiger partial charge in [-0.2, -0.15) is 0 Å². The van der Waals surface area contributed by atoms with E-state index in [1.807, 2.05) is 0 Å². The van der Waals surface area contributed by atoms with E-state index in [1.54, 1.807) is 0 Å². The molecule has 2 aromatic rings. The van der Waals surface area contributed by atoms with Crippen LogP contribution in [-0.2, 0) is 0 Å². The van der Waals surface area contributed by atoms with Gasteiger partial charge in [0.05, 0.1) is 10.6 Å². The van der Waals surface area contributed by atoms with Crippen LogP contribution in [0.1, 0.15) is 26.4 Å². The third-order valence-electron chi connectivity index (χ3n) is 2.42. The Balaban J connectivity index is 2.55. The van der Waals surface area contributed by atoms with E-state index in [9.17, 15) is 14.0 Å². The van der Waals surface area contributed by atoms with E-state index in [2.05, 4.69) is 4.98 Å². The summed E-state index contributed by atoms with van der Waals surface area (Å²) in [5.41, 5.74) is 4.98. The summed E-state index contributed by atoms with van der Waals surface area (Å²) in [6.45, 7) is 0. The third-order valence-corrected chi connectivity index (χ3v) is 2.63. The van der Waals surface area contributed by atoms with Crippen molar-refractivity contribution in [3.05, 3.63) is 64.2 Å². The van der Waals surface area contributed by atoms with Crippen molar-refractivity contribution < 1.29 is 14.0 Å². The smallest absolute Gasteiger partial charge is 0.268 e. The first-order valence-corrected chi connectivity index (χ1v) is 5.62. The summed E-state index contributed by atoms with van der Waals surface area (Å²) in [6, 6.07) is 6.37. The second-order valence-electron chi connectivity index (χ2n) is 3.75. The van der Waals surface area contributed by atoms with Gasteiger partial charge >= 0.3 is 0 Å².